The zero-order valence-electron chi connectivity index (χ0n) is 27.6. The highest BCUT2D eigenvalue weighted by atomic mass is 19.1. The number of nitrogens with two attached hydrogens (primary N) is 2. The number of rotatable bonds is 6. The van der Waals surface area contributed by atoms with Gasteiger partial charge < -0.3 is 30.4 Å². The van der Waals surface area contributed by atoms with Crippen LogP contribution in [-0.2, 0) is 12.8 Å². The van der Waals surface area contributed by atoms with Crippen molar-refractivity contribution in [2.45, 2.75) is 37.9 Å². The third-order valence-electron chi connectivity index (χ3n) is 8.54. The molecule has 2 aliphatic rings. The molecule has 4 N–H and O–H groups in total. The van der Waals surface area contributed by atoms with Crippen LogP contribution < -0.4 is 30.4 Å². The first-order valence-electron chi connectivity index (χ1n) is 16.4. The molecule has 0 radical (unpaired) electrons. The van der Waals surface area contributed by atoms with Gasteiger partial charge in [-0.05, 0) is 110 Å². The molecule has 264 valence electrons. The fourth-order valence-electron chi connectivity index (χ4n) is 5.97. The zero-order chi connectivity index (χ0) is 36.2. The monoisotopic (exact) mass is 708 g/mol. The lowest BCUT2D eigenvalue weighted by Crippen LogP contribution is -2.16. The van der Waals surface area contributed by atoms with Gasteiger partial charge in [0.25, 0.3) is 0 Å². The standard InChI is InChI=1S/2C20H16F2N2O2/c2*21-13-2-5-16(17(22)10-13)19-6-1-12-9-15(4-7-18(12)26-19)25-20-8-3-14(23)11-24-20/h2*2-5,7-11,19H,1,6,23H2. The maximum atomic E-state index is 14.0. The predicted molar refractivity (Wildman–Crippen MR) is 186 cm³/mol. The predicted octanol–water partition coefficient (Wildman–Crippen LogP) is 9.60. The van der Waals surface area contributed by atoms with Gasteiger partial charge in [0, 0.05) is 35.4 Å². The number of nitrogen functional groups attached to an aromatic ring is 2. The van der Waals surface area contributed by atoms with Crippen molar-refractivity contribution in [3.05, 3.63) is 155 Å². The molecular weight excluding hydrogens is 676 g/mol. The Hall–Kier alpha value is -6.30. The van der Waals surface area contributed by atoms with Crippen molar-refractivity contribution in [1.82, 2.24) is 9.97 Å². The summed E-state index contributed by atoms with van der Waals surface area (Å²) in [6.45, 7) is 0. The van der Waals surface area contributed by atoms with E-state index in [4.69, 9.17) is 30.4 Å². The van der Waals surface area contributed by atoms with Gasteiger partial charge in [0.15, 0.2) is 0 Å². The molecule has 0 aliphatic carbocycles. The second kappa shape index (κ2) is 14.9. The summed E-state index contributed by atoms with van der Waals surface area (Å²) in [4.78, 5) is 8.21. The van der Waals surface area contributed by atoms with Crippen LogP contribution in [0.5, 0.6) is 34.8 Å². The number of nitrogens with zero attached hydrogens (tertiary/aromatic N) is 2. The van der Waals surface area contributed by atoms with Gasteiger partial charge in [0.1, 0.15) is 58.5 Å². The van der Waals surface area contributed by atoms with E-state index < -0.39 is 35.5 Å². The summed E-state index contributed by atoms with van der Waals surface area (Å²) >= 11 is 0. The largest absolute Gasteiger partial charge is 0.485 e. The minimum atomic E-state index is -0.597. The van der Waals surface area contributed by atoms with Gasteiger partial charge in [-0.3, -0.25) is 0 Å². The van der Waals surface area contributed by atoms with E-state index in [1.54, 1.807) is 48.5 Å². The summed E-state index contributed by atoms with van der Waals surface area (Å²) in [5.74, 6) is 1.13. The molecule has 12 heteroatoms. The maximum Gasteiger partial charge on any atom is 0.219 e. The summed E-state index contributed by atoms with van der Waals surface area (Å²) in [5, 5.41) is 0. The second-order valence-electron chi connectivity index (χ2n) is 12.2. The molecule has 0 fully saturated rings. The Morgan fingerprint density at radius 2 is 0.981 bits per heavy atom. The van der Waals surface area contributed by atoms with Crippen molar-refractivity contribution in [1.29, 1.82) is 0 Å². The third kappa shape index (κ3) is 8.02. The van der Waals surface area contributed by atoms with Crippen LogP contribution in [0.2, 0.25) is 0 Å². The van der Waals surface area contributed by atoms with E-state index in [9.17, 15) is 17.6 Å². The lowest BCUT2D eigenvalue weighted by atomic mass is 9.97. The number of pyridine rings is 2. The molecule has 52 heavy (non-hydrogen) atoms. The molecule has 0 saturated heterocycles. The van der Waals surface area contributed by atoms with Crippen molar-refractivity contribution in [3.63, 3.8) is 0 Å². The van der Waals surface area contributed by atoms with Crippen LogP contribution in [0.1, 0.15) is 47.3 Å². The van der Waals surface area contributed by atoms with Gasteiger partial charge >= 0.3 is 0 Å². The molecule has 0 spiro atoms. The normalized spacial score (nSPS) is 15.8. The summed E-state index contributed by atoms with van der Waals surface area (Å²) in [6.07, 6.45) is 4.77. The van der Waals surface area contributed by atoms with E-state index in [0.29, 0.717) is 82.9 Å². The van der Waals surface area contributed by atoms with Crippen molar-refractivity contribution in [3.8, 4) is 34.8 Å². The van der Waals surface area contributed by atoms with Crippen LogP contribution in [0.15, 0.2) is 109 Å². The maximum absolute atomic E-state index is 14.0. The minimum absolute atomic E-state index is 0.364. The molecule has 0 bridgehead atoms. The molecule has 2 atom stereocenters. The first kappa shape index (κ1) is 34.2. The number of aryl methyl sites for hydroxylation is 2. The van der Waals surface area contributed by atoms with E-state index in [2.05, 4.69) is 9.97 Å². The molecule has 4 heterocycles. The van der Waals surface area contributed by atoms with Crippen LogP contribution in [0.4, 0.5) is 28.9 Å². The highest BCUT2D eigenvalue weighted by molar-refractivity contribution is 5.46. The third-order valence-corrected chi connectivity index (χ3v) is 8.54. The van der Waals surface area contributed by atoms with Gasteiger partial charge in [-0.25, -0.2) is 27.5 Å². The Morgan fingerprint density at radius 3 is 1.37 bits per heavy atom. The average molecular weight is 709 g/mol. The molecule has 2 aromatic heterocycles. The number of ether oxygens (including phenoxy) is 4. The molecule has 8 rings (SSSR count). The first-order chi connectivity index (χ1) is 25.2. The Balaban J connectivity index is 0.000000162. The zero-order valence-corrected chi connectivity index (χ0v) is 27.6. The SMILES string of the molecule is Nc1ccc(Oc2ccc3c(c2)CCC(c2ccc(F)cc2F)O3)nc1.Nc1ccc(Oc2ccc3c(c2)CCC(c2ccc(F)cc2F)O3)nc1. The molecule has 8 nitrogen and oxygen atoms in total. The molecule has 0 saturated carbocycles. The number of aromatic nitrogens is 2. The molecule has 6 aromatic rings. The Bertz CT molecular complexity index is 2050. The second-order valence-corrected chi connectivity index (χ2v) is 12.2. The molecule has 0 amide bonds. The molecule has 4 aromatic carbocycles. The van der Waals surface area contributed by atoms with Gasteiger partial charge in [-0.1, -0.05) is 0 Å². The topological polar surface area (TPSA) is 115 Å². The fraction of sp³-hybridized carbons (Fsp3) is 0.150. The Labute approximate surface area is 296 Å². The summed E-state index contributed by atoms with van der Waals surface area (Å²) in [7, 11) is 0. The number of hydrogen-bond donors (Lipinski definition) is 2. The molecular formula is C40H32F4N4O4. The highest BCUT2D eigenvalue weighted by Gasteiger charge is 2.26. The number of anilines is 2. The van der Waals surface area contributed by atoms with Crippen molar-refractivity contribution >= 4 is 11.4 Å². The van der Waals surface area contributed by atoms with Crippen molar-refractivity contribution in [2.24, 2.45) is 0 Å². The molecule has 2 unspecified atom stereocenters. The minimum Gasteiger partial charge on any atom is -0.485 e. The number of fused-ring (bicyclic) bond motifs is 2. The van der Waals surface area contributed by atoms with E-state index in [0.717, 1.165) is 23.3 Å². The van der Waals surface area contributed by atoms with Gasteiger partial charge in [-0.15, -0.1) is 0 Å². The van der Waals surface area contributed by atoms with E-state index in [1.165, 1.54) is 36.7 Å². The lowest BCUT2D eigenvalue weighted by molar-refractivity contribution is 0.171. The molecule has 2 aliphatic heterocycles. The van der Waals surface area contributed by atoms with Crippen LogP contribution in [0, 0.1) is 23.3 Å². The summed E-state index contributed by atoms with van der Waals surface area (Å²) < 4.78 is 77.4. The fourth-order valence-corrected chi connectivity index (χ4v) is 5.97. The van der Waals surface area contributed by atoms with Crippen molar-refractivity contribution in [2.75, 3.05) is 11.5 Å². The summed E-state index contributed by atoms with van der Waals surface area (Å²) in [6, 6.07) is 24.8. The summed E-state index contributed by atoms with van der Waals surface area (Å²) in [5.41, 5.74) is 15.0. The Morgan fingerprint density at radius 1 is 0.538 bits per heavy atom. The van der Waals surface area contributed by atoms with Gasteiger partial charge in [0.2, 0.25) is 11.8 Å². The van der Waals surface area contributed by atoms with Crippen LogP contribution in [0.3, 0.4) is 0 Å². The average Bonchev–Trinajstić information content (AvgIpc) is 3.13. The number of hydrogen-bond acceptors (Lipinski definition) is 8. The van der Waals surface area contributed by atoms with Gasteiger partial charge in [0.05, 0.1) is 23.8 Å². The van der Waals surface area contributed by atoms with E-state index in [-0.39, 0.29) is 0 Å². The first-order valence-corrected chi connectivity index (χ1v) is 16.4. The van der Waals surface area contributed by atoms with E-state index in [1.807, 2.05) is 12.1 Å². The Kier molecular flexibility index (Phi) is 9.79. The quantitative estimate of drug-likeness (QED) is 0.165. The van der Waals surface area contributed by atoms with Gasteiger partial charge in [-0.2, -0.15) is 0 Å². The smallest absolute Gasteiger partial charge is 0.219 e. The van der Waals surface area contributed by atoms with E-state index >= 15 is 0 Å². The van der Waals surface area contributed by atoms with Crippen molar-refractivity contribution < 1.29 is 36.5 Å². The lowest BCUT2D eigenvalue weighted by Gasteiger charge is -2.27. The van der Waals surface area contributed by atoms with Crippen LogP contribution in [0.25, 0.3) is 0 Å². The highest BCUT2D eigenvalue weighted by Crippen LogP contribution is 2.40. The van der Waals surface area contributed by atoms with Crippen LogP contribution in [-0.4, -0.2) is 9.97 Å². The number of benzene rings is 4. The van der Waals surface area contributed by atoms with Crippen LogP contribution >= 0.6 is 0 Å². The number of halogens is 4.